The largest absolute Gasteiger partial charge is 0.376 e. The van der Waals surface area contributed by atoms with Crippen LogP contribution in [0.1, 0.15) is 25.3 Å². The van der Waals surface area contributed by atoms with Crippen molar-refractivity contribution in [2.24, 2.45) is 0 Å². The molecule has 0 radical (unpaired) electrons. The van der Waals surface area contributed by atoms with E-state index in [1.54, 1.807) is 6.08 Å². The third kappa shape index (κ3) is 4.28. The van der Waals surface area contributed by atoms with Crippen LogP contribution in [-0.2, 0) is 20.9 Å². The van der Waals surface area contributed by atoms with Gasteiger partial charge in [0.15, 0.2) is 5.11 Å². The lowest BCUT2D eigenvalue weighted by molar-refractivity contribution is -0.123. The molecule has 0 saturated carbocycles. The first-order valence-corrected chi connectivity index (χ1v) is 11.2. The molecule has 2 aromatic rings. The Kier molecular flexibility index (Phi) is 6.21. The van der Waals surface area contributed by atoms with Crippen molar-refractivity contribution >= 4 is 62.1 Å². The van der Waals surface area contributed by atoms with Gasteiger partial charge in [0.05, 0.1) is 6.10 Å². The Morgan fingerprint density at radius 1 is 1.47 bits per heavy atom. The molecule has 2 fully saturated rings. The van der Waals surface area contributed by atoms with Crippen molar-refractivity contribution in [3.8, 4) is 0 Å². The molecule has 0 bridgehead atoms. The number of amides is 2. The Morgan fingerprint density at radius 3 is 3.00 bits per heavy atom. The minimum Gasteiger partial charge on any atom is -0.376 e. The van der Waals surface area contributed by atoms with Crippen LogP contribution in [-0.4, -0.2) is 52.2 Å². The lowest BCUT2D eigenvalue weighted by Crippen LogP contribution is -2.34. The summed E-state index contributed by atoms with van der Waals surface area (Å²) in [6.45, 7) is 3.88. The molecule has 158 valence electrons. The molecule has 1 aromatic heterocycles. The molecule has 3 heterocycles. The van der Waals surface area contributed by atoms with Gasteiger partial charge in [0.1, 0.15) is 12.2 Å². The first-order valence-electron chi connectivity index (χ1n) is 9.97. The Balaban J connectivity index is 1.59. The summed E-state index contributed by atoms with van der Waals surface area (Å²) in [5, 5.41) is 7.30. The highest BCUT2D eigenvalue weighted by molar-refractivity contribution is 9.10. The van der Waals surface area contributed by atoms with Crippen LogP contribution in [0.25, 0.3) is 17.0 Å². The first-order chi connectivity index (χ1) is 14.5. The van der Waals surface area contributed by atoms with Crippen LogP contribution in [0.2, 0.25) is 0 Å². The molecule has 2 amide bonds. The van der Waals surface area contributed by atoms with Crippen molar-refractivity contribution in [3.05, 3.63) is 40.1 Å². The van der Waals surface area contributed by atoms with Gasteiger partial charge < -0.3 is 19.9 Å². The van der Waals surface area contributed by atoms with Crippen LogP contribution in [0.15, 0.2) is 34.6 Å². The van der Waals surface area contributed by atoms with Crippen molar-refractivity contribution < 1.29 is 14.3 Å². The number of nitrogens with zero attached hydrogens (tertiary/aromatic N) is 2. The average Bonchev–Trinajstić information content (AvgIpc) is 3.41. The number of ether oxygens (including phenoxy) is 1. The van der Waals surface area contributed by atoms with Gasteiger partial charge in [0, 0.05) is 46.8 Å². The third-order valence-electron chi connectivity index (χ3n) is 5.32. The normalized spacial score (nSPS) is 20.4. The maximum atomic E-state index is 12.6. The number of nitrogens with one attached hydrogen (secondary N) is 2. The van der Waals surface area contributed by atoms with Crippen molar-refractivity contribution in [2.45, 2.75) is 32.4 Å². The van der Waals surface area contributed by atoms with Gasteiger partial charge in [0.2, 0.25) is 5.91 Å². The zero-order valence-electron chi connectivity index (χ0n) is 16.6. The number of fused-ring (bicyclic) bond motifs is 1. The highest BCUT2D eigenvalue weighted by Gasteiger charge is 2.29. The molecule has 1 aromatic carbocycles. The van der Waals surface area contributed by atoms with Crippen LogP contribution >= 0.6 is 28.1 Å². The molecular formula is C21H23BrN4O3S. The molecule has 2 aliphatic heterocycles. The summed E-state index contributed by atoms with van der Waals surface area (Å²) >= 11 is 8.75. The molecule has 1 atom stereocenters. The number of rotatable bonds is 6. The predicted molar refractivity (Wildman–Crippen MR) is 123 cm³/mol. The van der Waals surface area contributed by atoms with E-state index in [1.165, 1.54) is 4.90 Å². The van der Waals surface area contributed by atoms with E-state index in [9.17, 15) is 9.59 Å². The van der Waals surface area contributed by atoms with Crippen molar-refractivity contribution in [1.29, 1.82) is 0 Å². The van der Waals surface area contributed by atoms with Gasteiger partial charge in [-0.1, -0.05) is 15.9 Å². The second-order valence-corrected chi connectivity index (χ2v) is 8.65. The van der Waals surface area contributed by atoms with Gasteiger partial charge in [-0.3, -0.25) is 14.5 Å². The fourth-order valence-corrected chi connectivity index (χ4v) is 4.48. The summed E-state index contributed by atoms with van der Waals surface area (Å²) in [5.74, 6) is -0.217. The van der Waals surface area contributed by atoms with E-state index >= 15 is 0 Å². The van der Waals surface area contributed by atoms with Gasteiger partial charge in [0.25, 0.3) is 5.91 Å². The fourth-order valence-electron chi connectivity index (χ4n) is 3.80. The van der Waals surface area contributed by atoms with Crippen LogP contribution in [0.5, 0.6) is 0 Å². The van der Waals surface area contributed by atoms with E-state index in [-0.39, 0.29) is 24.5 Å². The predicted octanol–water partition coefficient (Wildman–Crippen LogP) is 2.78. The second kappa shape index (κ2) is 8.87. The van der Waals surface area contributed by atoms with Gasteiger partial charge in [-0.05, 0) is 56.3 Å². The summed E-state index contributed by atoms with van der Waals surface area (Å²) in [6.07, 6.45) is 5.82. The molecular weight excluding hydrogens is 468 g/mol. The number of hydrogen-bond donors (Lipinski definition) is 2. The average molecular weight is 491 g/mol. The summed E-state index contributed by atoms with van der Waals surface area (Å²) in [6, 6.07) is 5.88. The number of benzene rings is 1. The molecule has 2 N–H and O–H groups in total. The smallest absolute Gasteiger partial charge is 0.276 e. The van der Waals surface area contributed by atoms with Crippen LogP contribution in [0.3, 0.4) is 0 Å². The number of likely N-dealkylation sites (N-methyl/N-ethyl adjacent to an activating group) is 1. The summed E-state index contributed by atoms with van der Waals surface area (Å²) in [7, 11) is 0. The van der Waals surface area contributed by atoms with E-state index in [4.69, 9.17) is 17.0 Å². The molecule has 0 aliphatic carbocycles. The summed E-state index contributed by atoms with van der Waals surface area (Å²) in [5.41, 5.74) is 2.19. The summed E-state index contributed by atoms with van der Waals surface area (Å²) in [4.78, 5) is 26.6. The van der Waals surface area contributed by atoms with Gasteiger partial charge >= 0.3 is 0 Å². The lowest BCUT2D eigenvalue weighted by atomic mass is 10.1. The third-order valence-corrected chi connectivity index (χ3v) is 6.13. The second-order valence-electron chi connectivity index (χ2n) is 7.35. The molecule has 2 saturated heterocycles. The highest BCUT2D eigenvalue weighted by atomic mass is 79.9. The van der Waals surface area contributed by atoms with Gasteiger partial charge in [-0.15, -0.1) is 0 Å². The maximum absolute atomic E-state index is 12.6. The number of halogens is 1. The number of hydrogen-bond acceptors (Lipinski definition) is 4. The van der Waals surface area contributed by atoms with Crippen LogP contribution < -0.4 is 10.6 Å². The number of aromatic nitrogens is 1. The number of carbonyl (C=O) groups is 2. The quantitative estimate of drug-likeness (QED) is 0.480. The molecule has 4 rings (SSSR count). The molecule has 30 heavy (non-hydrogen) atoms. The van der Waals surface area contributed by atoms with E-state index in [0.717, 1.165) is 40.4 Å². The van der Waals surface area contributed by atoms with Crippen molar-refractivity contribution in [1.82, 2.24) is 20.1 Å². The first kappa shape index (κ1) is 21.0. The standard InChI is InChI=1S/C21H23BrN4O3S/c1-2-26-20(28)17(24-21(26)30)8-13-11-25(18-6-5-14(22)9-16(13)18)12-19(27)23-10-15-4-3-7-29-15/h5-6,8-9,11,15H,2-4,7,10,12H2,1H3,(H,23,27)(H,24,30)/b17-8-/t15-/m0/s1. The minimum absolute atomic E-state index is 0.0714. The van der Waals surface area contributed by atoms with Crippen molar-refractivity contribution in [2.75, 3.05) is 19.7 Å². The Labute approximate surface area is 188 Å². The van der Waals surface area contributed by atoms with E-state index < -0.39 is 0 Å². The Hall–Kier alpha value is -2.23. The zero-order valence-corrected chi connectivity index (χ0v) is 19.0. The molecule has 2 aliphatic rings. The topological polar surface area (TPSA) is 75.6 Å². The fraction of sp³-hybridized carbons (Fsp3) is 0.381. The van der Waals surface area contributed by atoms with E-state index in [2.05, 4.69) is 26.6 Å². The monoisotopic (exact) mass is 490 g/mol. The Morgan fingerprint density at radius 2 is 2.30 bits per heavy atom. The van der Waals surface area contributed by atoms with Gasteiger partial charge in [-0.2, -0.15) is 0 Å². The molecule has 0 spiro atoms. The number of carbonyl (C=O) groups excluding carboxylic acids is 2. The molecule has 9 heteroatoms. The maximum Gasteiger partial charge on any atom is 0.276 e. The lowest BCUT2D eigenvalue weighted by Gasteiger charge is -2.11. The highest BCUT2D eigenvalue weighted by Crippen LogP contribution is 2.27. The van der Waals surface area contributed by atoms with E-state index in [1.807, 2.05) is 35.9 Å². The zero-order chi connectivity index (χ0) is 21.3. The molecule has 0 unspecified atom stereocenters. The van der Waals surface area contributed by atoms with Crippen molar-refractivity contribution in [3.63, 3.8) is 0 Å². The van der Waals surface area contributed by atoms with E-state index in [0.29, 0.717) is 23.9 Å². The molecule has 7 nitrogen and oxygen atoms in total. The van der Waals surface area contributed by atoms with Gasteiger partial charge in [-0.25, -0.2) is 0 Å². The summed E-state index contributed by atoms with van der Waals surface area (Å²) < 4.78 is 8.38. The SMILES string of the molecule is CCN1C(=O)/C(=C/c2cn(CC(=O)NC[C@@H]3CCCO3)c3ccc(Br)cc23)NC1=S. The van der Waals surface area contributed by atoms with Crippen LogP contribution in [0, 0.1) is 0 Å². The minimum atomic E-state index is -0.146. The van der Waals surface area contributed by atoms with Crippen LogP contribution in [0.4, 0.5) is 0 Å². The Bertz CT molecular complexity index is 1040. The number of thiocarbonyl (C=S) groups is 1.